The van der Waals surface area contributed by atoms with E-state index in [4.69, 9.17) is 9.84 Å². The Kier molecular flexibility index (Phi) is 1.81. The van der Waals surface area contributed by atoms with Gasteiger partial charge >= 0.3 is 5.97 Å². The molecular weight excluding hydrogens is 158 g/mol. The zero-order chi connectivity index (χ0) is 8.60. The molecule has 0 amide bonds. The van der Waals surface area contributed by atoms with Crippen LogP contribution in [0.3, 0.4) is 0 Å². The molecule has 2 rings (SSSR count). The summed E-state index contributed by atoms with van der Waals surface area (Å²) >= 11 is 0. The molecule has 0 aromatic carbocycles. The molecule has 2 aliphatic heterocycles. The highest BCUT2D eigenvalue weighted by atomic mass is 16.5. The summed E-state index contributed by atoms with van der Waals surface area (Å²) in [6.45, 7) is 2.27. The van der Waals surface area contributed by atoms with Gasteiger partial charge in [0.2, 0.25) is 0 Å². The fraction of sp³-hybridized carbons (Fsp3) is 0.875. The molecule has 2 heterocycles. The molecule has 2 saturated heterocycles. The lowest BCUT2D eigenvalue weighted by Crippen LogP contribution is -2.67. The van der Waals surface area contributed by atoms with Crippen molar-refractivity contribution in [2.75, 3.05) is 19.8 Å². The van der Waals surface area contributed by atoms with Crippen LogP contribution < -0.4 is 5.32 Å². The van der Waals surface area contributed by atoms with E-state index < -0.39 is 5.97 Å². The topological polar surface area (TPSA) is 58.6 Å². The maximum absolute atomic E-state index is 10.8. The Morgan fingerprint density at radius 2 is 2.17 bits per heavy atom. The van der Waals surface area contributed by atoms with Crippen LogP contribution in [0.15, 0.2) is 0 Å². The lowest BCUT2D eigenvalue weighted by molar-refractivity contribution is -0.152. The van der Waals surface area contributed by atoms with E-state index in [1.807, 2.05) is 0 Å². The Hall–Kier alpha value is -0.610. The van der Waals surface area contributed by atoms with E-state index in [9.17, 15) is 4.79 Å². The van der Waals surface area contributed by atoms with Crippen molar-refractivity contribution >= 4 is 5.97 Å². The van der Waals surface area contributed by atoms with Crippen LogP contribution in [-0.2, 0) is 9.53 Å². The summed E-state index contributed by atoms with van der Waals surface area (Å²) in [6, 6.07) is -0.332. The van der Waals surface area contributed by atoms with Gasteiger partial charge in [0, 0.05) is 25.2 Å². The SMILES string of the molecule is O=C(O)C1NCC12CCOCC2. The number of rotatable bonds is 1. The van der Waals surface area contributed by atoms with Gasteiger partial charge in [-0.25, -0.2) is 0 Å². The second kappa shape index (κ2) is 2.71. The Bertz CT molecular complexity index is 198. The van der Waals surface area contributed by atoms with E-state index in [-0.39, 0.29) is 11.5 Å². The smallest absolute Gasteiger partial charge is 0.321 e. The highest BCUT2D eigenvalue weighted by Gasteiger charge is 2.51. The first kappa shape index (κ1) is 8.01. The zero-order valence-corrected chi connectivity index (χ0v) is 6.88. The van der Waals surface area contributed by atoms with Crippen molar-refractivity contribution in [3.8, 4) is 0 Å². The number of hydrogen-bond acceptors (Lipinski definition) is 3. The minimum absolute atomic E-state index is 0.00405. The molecule has 0 bridgehead atoms. The first-order valence-electron chi connectivity index (χ1n) is 4.29. The first-order valence-corrected chi connectivity index (χ1v) is 4.29. The van der Waals surface area contributed by atoms with Gasteiger partial charge in [0.25, 0.3) is 0 Å². The summed E-state index contributed by atoms with van der Waals surface area (Å²) in [5.41, 5.74) is 0.00405. The monoisotopic (exact) mass is 171 g/mol. The molecule has 1 atom stereocenters. The van der Waals surface area contributed by atoms with E-state index in [2.05, 4.69) is 5.32 Å². The fourth-order valence-corrected chi connectivity index (χ4v) is 2.09. The van der Waals surface area contributed by atoms with E-state index >= 15 is 0 Å². The summed E-state index contributed by atoms with van der Waals surface area (Å²) < 4.78 is 5.21. The first-order chi connectivity index (χ1) is 5.75. The van der Waals surface area contributed by atoms with Crippen LogP contribution in [-0.4, -0.2) is 36.9 Å². The maximum Gasteiger partial charge on any atom is 0.321 e. The third-order valence-electron chi connectivity index (χ3n) is 3.01. The van der Waals surface area contributed by atoms with Crippen LogP contribution in [0.2, 0.25) is 0 Å². The minimum atomic E-state index is -0.719. The lowest BCUT2D eigenvalue weighted by Gasteiger charge is -2.50. The third kappa shape index (κ3) is 1.03. The predicted molar refractivity (Wildman–Crippen MR) is 41.9 cm³/mol. The van der Waals surface area contributed by atoms with Crippen LogP contribution in [0.5, 0.6) is 0 Å². The van der Waals surface area contributed by atoms with Crippen LogP contribution in [0.1, 0.15) is 12.8 Å². The van der Waals surface area contributed by atoms with Crippen molar-refractivity contribution in [1.29, 1.82) is 0 Å². The van der Waals surface area contributed by atoms with Gasteiger partial charge < -0.3 is 15.2 Å². The molecule has 12 heavy (non-hydrogen) atoms. The summed E-state index contributed by atoms with van der Waals surface area (Å²) in [4.78, 5) is 10.8. The van der Waals surface area contributed by atoms with Crippen molar-refractivity contribution < 1.29 is 14.6 Å². The van der Waals surface area contributed by atoms with Crippen molar-refractivity contribution in [3.05, 3.63) is 0 Å². The number of nitrogens with one attached hydrogen (secondary N) is 1. The average molecular weight is 171 g/mol. The molecule has 4 nitrogen and oxygen atoms in total. The summed E-state index contributed by atoms with van der Waals surface area (Å²) in [6.07, 6.45) is 1.77. The van der Waals surface area contributed by atoms with Crippen molar-refractivity contribution in [3.63, 3.8) is 0 Å². The second-order valence-corrected chi connectivity index (χ2v) is 3.63. The number of carboxylic acid groups (broad SMARTS) is 1. The average Bonchev–Trinajstić information content (AvgIpc) is 2.03. The number of carboxylic acids is 1. The Morgan fingerprint density at radius 1 is 1.50 bits per heavy atom. The Labute approximate surface area is 70.9 Å². The molecule has 0 aromatic heterocycles. The van der Waals surface area contributed by atoms with Crippen molar-refractivity contribution in [2.24, 2.45) is 5.41 Å². The zero-order valence-electron chi connectivity index (χ0n) is 6.88. The quantitative estimate of drug-likeness (QED) is 0.575. The highest BCUT2D eigenvalue weighted by molar-refractivity contribution is 5.76. The van der Waals surface area contributed by atoms with Gasteiger partial charge in [-0.15, -0.1) is 0 Å². The Balaban J connectivity index is 2.05. The van der Waals surface area contributed by atoms with Crippen LogP contribution in [0.25, 0.3) is 0 Å². The highest BCUT2D eigenvalue weighted by Crippen LogP contribution is 2.39. The van der Waals surface area contributed by atoms with Gasteiger partial charge in [-0.1, -0.05) is 0 Å². The fourth-order valence-electron chi connectivity index (χ4n) is 2.09. The molecule has 1 unspecified atom stereocenters. The molecule has 4 heteroatoms. The van der Waals surface area contributed by atoms with E-state index in [1.165, 1.54) is 0 Å². The van der Waals surface area contributed by atoms with Crippen molar-refractivity contribution in [2.45, 2.75) is 18.9 Å². The van der Waals surface area contributed by atoms with E-state index in [0.29, 0.717) is 13.2 Å². The number of carbonyl (C=O) groups is 1. The van der Waals surface area contributed by atoms with Crippen LogP contribution >= 0.6 is 0 Å². The van der Waals surface area contributed by atoms with E-state index in [0.717, 1.165) is 19.4 Å². The molecule has 0 saturated carbocycles. The normalized spacial score (nSPS) is 32.8. The molecule has 68 valence electrons. The summed E-state index contributed by atoms with van der Waals surface area (Å²) in [5.74, 6) is -0.719. The molecule has 1 spiro atoms. The van der Waals surface area contributed by atoms with Gasteiger partial charge in [-0.2, -0.15) is 0 Å². The second-order valence-electron chi connectivity index (χ2n) is 3.63. The molecule has 0 aromatic rings. The van der Waals surface area contributed by atoms with Crippen molar-refractivity contribution in [1.82, 2.24) is 5.32 Å². The van der Waals surface area contributed by atoms with Gasteiger partial charge in [0.05, 0.1) is 0 Å². The number of aliphatic carboxylic acids is 1. The van der Waals surface area contributed by atoms with Gasteiger partial charge in [0.1, 0.15) is 6.04 Å². The molecule has 0 radical (unpaired) electrons. The summed E-state index contributed by atoms with van der Waals surface area (Å²) in [7, 11) is 0. The van der Waals surface area contributed by atoms with Gasteiger partial charge in [0.15, 0.2) is 0 Å². The molecule has 2 N–H and O–H groups in total. The predicted octanol–water partition coefficient (Wildman–Crippen LogP) is -0.160. The lowest BCUT2D eigenvalue weighted by atomic mass is 9.68. The third-order valence-corrected chi connectivity index (χ3v) is 3.01. The Morgan fingerprint density at radius 3 is 2.58 bits per heavy atom. The number of ether oxygens (including phenoxy) is 1. The largest absolute Gasteiger partial charge is 0.480 e. The minimum Gasteiger partial charge on any atom is -0.480 e. The van der Waals surface area contributed by atoms with Crippen LogP contribution in [0.4, 0.5) is 0 Å². The standard InChI is InChI=1S/C8H13NO3/c10-7(11)6-8(5-9-6)1-3-12-4-2-8/h6,9H,1-5H2,(H,10,11). The van der Waals surface area contributed by atoms with Gasteiger partial charge in [-0.3, -0.25) is 4.79 Å². The molecule has 2 fully saturated rings. The summed E-state index contributed by atoms with van der Waals surface area (Å²) in [5, 5.41) is 11.8. The molecular formula is C8H13NO3. The maximum atomic E-state index is 10.8. The molecule has 0 aliphatic carbocycles. The number of hydrogen-bond donors (Lipinski definition) is 2. The molecule has 2 aliphatic rings. The van der Waals surface area contributed by atoms with Gasteiger partial charge in [-0.05, 0) is 12.8 Å². The van der Waals surface area contributed by atoms with Crippen LogP contribution in [0, 0.1) is 5.41 Å². The van der Waals surface area contributed by atoms with E-state index in [1.54, 1.807) is 0 Å².